The van der Waals surface area contributed by atoms with Crippen molar-refractivity contribution < 1.29 is 14.4 Å². The summed E-state index contributed by atoms with van der Waals surface area (Å²) in [6.07, 6.45) is 4.39. The van der Waals surface area contributed by atoms with Crippen molar-refractivity contribution in [3.8, 4) is 0 Å². The highest BCUT2D eigenvalue weighted by atomic mass is 16.7. The average Bonchev–Trinajstić information content (AvgIpc) is 2.17. The van der Waals surface area contributed by atoms with Crippen LogP contribution in [0.25, 0.3) is 0 Å². The molecule has 0 aromatic carbocycles. The topological polar surface area (TPSA) is 64.8 Å². The number of nitrogens with zero attached hydrogens (tertiary/aromatic N) is 1. The summed E-state index contributed by atoms with van der Waals surface area (Å²) >= 11 is 0. The van der Waals surface area contributed by atoms with Crippen molar-refractivity contribution >= 4 is 5.97 Å². The van der Waals surface area contributed by atoms with E-state index in [4.69, 9.17) is 10.6 Å². The molecule has 0 radical (unpaired) electrons. The fourth-order valence-electron chi connectivity index (χ4n) is 0.966. The third-order valence-corrected chi connectivity index (χ3v) is 1.67. The van der Waals surface area contributed by atoms with Gasteiger partial charge in [0.2, 0.25) is 0 Å². The summed E-state index contributed by atoms with van der Waals surface area (Å²) in [5.74, 6) is -0.412. The maximum absolute atomic E-state index is 11.1. The molecule has 1 atom stereocenters. The summed E-state index contributed by atoms with van der Waals surface area (Å²) in [4.78, 5) is 16.0. The smallest absolute Gasteiger partial charge is 0.339 e. The first kappa shape index (κ1) is 9.76. The molecule has 72 valence electrons. The van der Waals surface area contributed by atoms with Gasteiger partial charge in [-0.15, -0.1) is 0 Å². The summed E-state index contributed by atoms with van der Waals surface area (Å²) < 4.78 is 4.54. The Kier molecular flexibility index (Phi) is 3.05. The molecule has 1 rings (SSSR count). The fraction of sp³-hybridized carbons (Fsp3) is 0.375. The molecular weight excluding hydrogens is 172 g/mol. The van der Waals surface area contributed by atoms with Gasteiger partial charge in [0.1, 0.15) is 6.17 Å². The van der Waals surface area contributed by atoms with Gasteiger partial charge in [-0.1, -0.05) is 0 Å². The summed E-state index contributed by atoms with van der Waals surface area (Å²) in [7, 11) is 2.80. The van der Waals surface area contributed by atoms with Gasteiger partial charge in [-0.3, -0.25) is 4.84 Å². The number of methoxy groups -OCH3 is 1. The minimum atomic E-state index is -0.412. The van der Waals surface area contributed by atoms with Crippen LogP contribution in [0.5, 0.6) is 0 Å². The van der Waals surface area contributed by atoms with Gasteiger partial charge in [-0.2, -0.15) is 0 Å². The molecule has 0 saturated heterocycles. The first-order valence-corrected chi connectivity index (χ1v) is 3.75. The number of ether oxygens (including phenoxy) is 1. The maximum Gasteiger partial charge on any atom is 0.339 e. The first-order chi connectivity index (χ1) is 6.19. The first-order valence-electron chi connectivity index (χ1n) is 3.75. The number of hydroxylamine groups is 2. The number of carbonyl (C=O) groups excluding carboxylic acids is 1. The molecule has 1 aliphatic heterocycles. The normalized spacial score (nSPS) is 21.3. The standard InChI is InChI=1S/C8H12N2O3/c1-12-8(11)6-3-4-7(9)10(5-6)13-2/h3-5,7H,9H2,1-2H3. The van der Waals surface area contributed by atoms with E-state index >= 15 is 0 Å². The van der Waals surface area contributed by atoms with Gasteiger partial charge in [0.05, 0.1) is 19.8 Å². The van der Waals surface area contributed by atoms with Crippen LogP contribution in [-0.4, -0.2) is 31.4 Å². The Morgan fingerprint density at radius 2 is 2.31 bits per heavy atom. The van der Waals surface area contributed by atoms with Gasteiger partial charge >= 0.3 is 5.97 Å². The lowest BCUT2D eigenvalue weighted by molar-refractivity contribution is -0.137. The second-order valence-electron chi connectivity index (χ2n) is 2.47. The Balaban J connectivity index is 2.78. The minimum absolute atomic E-state index is 0.363. The summed E-state index contributed by atoms with van der Waals surface area (Å²) in [6.45, 7) is 0. The third-order valence-electron chi connectivity index (χ3n) is 1.67. The molecule has 1 unspecified atom stereocenters. The summed E-state index contributed by atoms with van der Waals surface area (Å²) in [5.41, 5.74) is 6.02. The molecule has 0 aromatic rings. The molecule has 0 fully saturated rings. The van der Waals surface area contributed by atoms with Gasteiger partial charge in [0.15, 0.2) is 0 Å². The number of nitrogens with two attached hydrogens (primary N) is 1. The largest absolute Gasteiger partial charge is 0.465 e. The molecule has 5 heteroatoms. The van der Waals surface area contributed by atoms with Crippen LogP contribution in [0.3, 0.4) is 0 Å². The van der Waals surface area contributed by atoms with Gasteiger partial charge in [-0.25, -0.2) is 9.86 Å². The second kappa shape index (κ2) is 4.06. The second-order valence-corrected chi connectivity index (χ2v) is 2.47. The molecule has 0 spiro atoms. The molecule has 5 nitrogen and oxygen atoms in total. The predicted octanol–water partition coefficient (Wildman–Crippen LogP) is -0.239. The van der Waals surface area contributed by atoms with Gasteiger partial charge in [0, 0.05) is 6.20 Å². The van der Waals surface area contributed by atoms with Crippen molar-refractivity contribution in [3.05, 3.63) is 23.9 Å². The number of esters is 1. The van der Waals surface area contributed by atoms with E-state index in [1.165, 1.54) is 25.5 Å². The number of carbonyl (C=O) groups is 1. The van der Waals surface area contributed by atoms with Crippen molar-refractivity contribution in [2.45, 2.75) is 6.17 Å². The van der Waals surface area contributed by atoms with E-state index < -0.39 is 5.97 Å². The number of rotatable bonds is 2. The quantitative estimate of drug-likeness (QED) is 0.600. The van der Waals surface area contributed by atoms with Crippen molar-refractivity contribution in [1.29, 1.82) is 0 Å². The van der Waals surface area contributed by atoms with Crippen LogP contribution in [0.2, 0.25) is 0 Å². The number of hydrogen-bond donors (Lipinski definition) is 1. The monoisotopic (exact) mass is 184 g/mol. The fourth-order valence-corrected chi connectivity index (χ4v) is 0.966. The van der Waals surface area contributed by atoms with E-state index in [2.05, 4.69) is 4.74 Å². The molecule has 0 amide bonds. The molecule has 13 heavy (non-hydrogen) atoms. The molecule has 0 aromatic heterocycles. The van der Waals surface area contributed by atoms with Gasteiger partial charge in [0.25, 0.3) is 0 Å². The Bertz CT molecular complexity index is 260. The van der Waals surface area contributed by atoms with Crippen LogP contribution in [0, 0.1) is 0 Å². The van der Waals surface area contributed by atoms with Crippen LogP contribution in [-0.2, 0) is 14.4 Å². The van der Waals surface area contributed by atoms with Crippen LogP contribution in [0.4, 0.5) is 0 Å². The Morgan fingerprint density at radius 3 is 2.85 bits per heavy atom. The minimum Gasteiger partial charge on any atom is -0.465 e. The zero-order chi connectivity index (χ0) is 9.84. The van der Waals surface area contributed by atoms with E-state index in [0.29, 0.717) is 5.57 Å². The van der Waals surface area contributed by atoms with Gasteiger partial charge < -0.3 is 10.5 Å². The van der Waals surface area contributed by atoms with Gasteiger partial charge in [-0.05, 0) is 12.2 Å². The Hall–Kier alpha value is -1.33. The highest BCUT2D eigenvalue weighted by Gasteiger charge is 2.16. The summed E-state index contributed by atoms with van der Waals surface area (Å²) in [5, 5.41) is 1.37. The van der Waals surface area contributed by atoms with Crippen molar-refractivity contribution in [3.63, 3.8) is 0 Å². The highest BCUT2D eigenvalue weighted by molar-refractivity contribution is 5.91. The Labute approximate surface area is 76.4 Å². The highest BCUT2D eigenvalue weighted by Crippen LogP contribution is 2.11. The Morgan fingerprint density at radius 1 is 1.62 bits per heavy atom. The van der Waals surface area contributed by atoms with E-state index in [0.717, 1.165) is 0 Å². The van der Waals surface area contributed by atoms with E-state index in [9.17, 15) is 4.79 Å². The summed E-state index contributed by atoms with van der Waals surface area (Å²) in [6, 6.07) is 0. The molecule has 2 N–H and O–H groups in total. The SMILES string of the molecule is COC(=O)C1=CN(OC)C(N)C=C1. The lowest BCUT2D eigenvalue weighted by Gasteiger charge is -2.25. The van der Waals surface area contributed by atoms with Crippen LogP contribution < -0.4 is 5.73 Å². The van der Waals surface area contributed by atoms with Crippen molar-refractivity contribution in [2.24, 2.45) is 5.73 Å². The zero-order valence-corrected chi connectivity index (χ0v) is 7.56. The van der Waals surface area contributed by atoms with Crippen LogP contribution in [0.15, 0.2) is 23.9 Å². The van der Waals surface area contributed by atoms with Crippen LogP contribution >= 0.6 is 0 Å². The van der Waals surface area contributed by atoms with E-state index in [-0.39, 0.29) is 6.17 Å². The van der Waals surface area contributed by atoms with E-state index in [1.807, 2.05) is 0 Å². The van der Waals surface area contributed by atoms with E-state index in [1.54, 1.807) is 12.2 Å². The molecule has 1 heterocycles. The predicted molar refractivity (Wildman–Crippen MR) is 46.1 cm³/mol. The molecular formula is C8H12N2O3. The van der Waals surface area contributed by atoms with Crippen molar-refractivity contribution in [1.82, 2.24) is 5.06 Å². The third kappa shape index (κ3) is 2.07. The van der Waals surface area contributed by atoms with Crippen LogP contribution in [0.1, 0.15) is 0 Å². The average molecular weight is 184 g/mol. The molecule has 1 aliphatic rings. The zero-order valence-electron chi connectivity index (χ0n) is 7.56. The lowest BCUT2D eigenvalue weighted by Crippen LogP contribution is -2.38. The van der Waals surface area contributed by atoms with Crippen molar-refractivity contribution in [2.75, 3.05) is 14.2 Å². The molecule has 0 bridgehead atoms. The molecule has 0 saturated carbocycles. The molecule has 0 aliphatic carbocycles. The maximum atomic E-state index is 11.1. The number of hydrogen-bond acceptors (Lipinski definition) is 5. The lowest BCUT2D eigenvalue weighted by atomic mass is 10.2.